The molecule has 1 aromatic rings. The number of nitrogens with one attached hydrogen (secondary N) is 1. The largest absolute Gasteiger partial charge is 0.326 e. The Morgan fingerprint density at radius 3 is 2.62 bits per heavy atom. The molecule has 5 nitrogen and oxygen atoms in total. The minimum absolute atomic E-state index is 0.0137. The van der Waals surface area contributed by atoms with Crippen LogP contribution in [0.4, 0.5) is 5.69 Å². The zero-order valence-corrected chi connectivity index (χ0v) is 14.5. The number of hydrogen-bond donors (Lipinski definition) is 1. The summed E-state index contributed by atoms with van der Waals surface area (Å²) in [5.74, 6) is -0.223. The number of ketones is 1. The highest BCUT2D eigenvalue weighted by atomic mass is 32.2. The lowest BCUT2D eigenvalue weighted by molar-refractivity contribution is -0.116. The summed E-state index contributed by atoms with van der Waals surface area (Å²) in [6, 6.07) is 5.18. The molecule has 0 bridgehead atoms. The van der Waals surface area contributed by atoms with E-state index in [0.717, 1.165) is 43.4 Å². The standard InChI is InChI=1S/C18H23NO4S/c20-17(10-11-24(22,23)15-4-2-1-3-5-15)14-6-8-16-13(12-14)7-9-18(21)19-16/h6,8,12,15H,1-5,7,9-11H2,(H,19,21). The SMILES string of the molecule is O=C1CCc2cc(C(=O)CCS(=O)(=O)C3CCCCC3)ccc2N1. The van der Waals surface area contributed by atoms with E-state index in [0.29, 0.717) is 18.4 Å². The summed E-state index contributed by atoms with van der Waals surface area (Å²) in [6.07, 6.45) is 5.57. The van der Waals surface area contributed by atoms with Crippen molar-refractivity contribution in [2.24, 2.45) is 0 Å². The highest BCUT2D eigenvalue weighted by molar-refractivity contribution is 7.92. The second-order valence-electron chi connectivity index (χ2n) is 6.72. The van der Waals surface area contributed by atoms with E-state index >= 15 is 0 Å². The molecule has 1 N–H and O–H groups in total. The quantitative estimate of drug-likeness (QED) is 0.829. The summed E-state index contributed by atoms with van der Waals surface area (Å²) in [5.41, 5.74) is 2.22. The van der Waals surface area contributed by atoms with Crippen LogP contribution in [-0.4, -0.2) is 31.1 Å². The molecule has 0 spiro atoms. The number of aryl methyl sites for hydroxylation is 1. The number of Topliss-reactive ketones (excluding diaryl/α,β-unsaturated/α-hetero) is 1. The topological polar surface area (TPSA) is 80.3 Å². The fraction of sp³-hybridized carbons (Fsp3) is 0.556. The van der Waals surface area contributed by atoms with Crippen molar-refractivity contribution >= 4 is 27.2 Å². The summed E-state index contributed by atoms with van der Waals surface area (Å²) in [5, 5.41) is 2.51. The molecule has 1 fully saturated rings. The summed E-state index contributed by atoms with van der Waals surface area (Å²) >= 11 is 0. The Bertz CT molecular complexity index is 748. The molecule has 2 aliphatic rings. The van der Waals surface area contributed by atoms with E-state index in [1.807, 2.05) is 0 Å². The molecule has 3 rings (SSSR count). The van der Waals surface area contributed by atoms with E-state index in [1.54, 1.807) is 18.2 Å². The van der Waals surface area contributed by atoms with Crippen LogP contribution in [0.3, 0.4) is 0 Å². The Morgan fingerprint density at radius 1 is 1.12 bits per heavy atom. The fourth-order valence-corrected chi connectivity index (χ4v) is 5.38. The molecular weight excluding hydrogens is 326 g/mol. The van der Waals surface area contributed by atoms with Crippen molar-refractivity contribution in [3.63, 3.8) is 0 Å². The molecule has 24 heavy (non-hydrogen) atoms. The molecule has 130 valence electrons. The van der Waals surface area contributed by atoms with Gasteiger partial charge in [0.1, 0.15) is 0 Å². The van der Waals surface area contributed by atoms with Gasteiger partial charge in [-0.1, -0.05) is 19.3 Å². The summed E-state index contributed by atoms with van der Waals surface area (Å²) in [6.45, 7) is 0. The van der Waals surface area contributed by atoms with E-state index in [9.17, 15) is 18.0 Å². The number of hydrogen-bond acceptors (Lipinski definition) is 4. The van der Waals surface area contributed by atoms with E-state index in [4.69, 9.17) is 0 Å². The third kappa shape index (κ3) is 3.86. The lowest BCUT2D eigenvalue weighted by Crippen LogP contribution is -2.27. The predicted molar refractivity (Wildman–Crippen MR) is 93.0 cm³/mol. The first-order valence-electron chi connectivity index (χ1n) is 8.63. The maximum absolute atomic E-state index is 12.4. The minimum Gasteiger partial charge on any atom is -0.326 e. The number of rotatable bonds is 5. The van der Waals surface area contributed by atoms with Gasteiger partial charge in [0.25, 0.3) is 0 Å². The summed E-state index contributed by atoms with van der Waals surface area (Å²) < 4.78 is 24.8. The molecule has 1 aliphatic heterocycles. The molecule has 1 saturated carbocycles. The predicted octanol–water partition coefficient (Wildman–Crippen LogP) is 2.89. The third-order valence-corrected chi connectivity index (χ3v) is 7.26. The second-order valence-corrected chi connectivity index (χ2v) is 9.12. The fourth-order valence-electron chi connectivity index (χ4n) is 3.53. The number of carbonyl (C=O) groups is 2. The number of amides is 1. The Balaban J connectivity index is 1.64. The van der Waals surface area contributed by atoms with Crippen molar-refractivity contribution in [2.75, 3.05) is 11.1 Å². The van der Waals surface area contributed by atoms with E-state index in [-0.39, 0.29) is 29.1 Å². The van der Waals surface area contributed by atoms with E-state index < -0.39 is 9.84 Å². The van der Waals surface area contributed by atoms with Crippen LogP contribution in [-0.2, 0) is 21.1 Å². The average molecular weight is 349 g/mol. The van der Waals surface area contributed by atoms with E-state index in [2.05, 4.69) is 5.32 Å². The van der Waals surface area contributed by atoms with Gasteiger partial charge >= 0.3 is 0 Å². The highest BCUT2D eigenvalue weighted by Gasteiger charge is 2.27. The Kier molecular flexibility index (Phi) is 5.04. The first-order valence-corrected chi connectivity index (χ1v) is 10.3. The van der Waals surface area contributed by atoms with Gasteiger partial charge in [-0.25, -0.2) is 8.42 Å². The lowest BCUT2D eigenvalue weighted by atomic mass is 9.98. The van der Waals surface area contributed by atoms with Gasteiger partial charge in [-0.15, -0.1) is 0 Å². The normalized spacial score (nSPS) is 18.8. The molecule has 1 aliphatic carbocycles. The first-order chi connectivity index (χ1) is 11.5. The van der Waals surface area contributed by atoms with Crippen molar-refractivity contribution < 1.29 is 18.0 Å². The first kappa shape index (κ1) is 17.1. The van der Waals surface area contributed by atoms with Crippen LogP contribution in [0, 0.1) is 0 Å². The van der Waals surface area contributed by atoms with Crippen LogP contribution in [0.2, 0.25) is 0 Å². The Labute approximate surface area is 142 Å². The van der Waals surface area contributed by atoms with Crippen LogP contribution in [0.1, 0.15) is 60.9 Å². The average Bonchev–Trinajstić information content (AvgIpc) is 2.60. The van der Waals surface area contributed by atoms with Gasteiger partial charge in [0, 0.05) is 24.1 Å². The molecular formula is C18H23NO4S. The van der Waals surface area contributed by atoms with Gasteiger partial charge in [-0.3, -0.25) is 9.59 Å². The number of sulfone groups is 1. The van der Waals surface area contributed by atoms with Crippen molar-refractivity contribution in [1.82, 2.24) is 0 Å². The molecule has 0 aromatic heterocycles. The number of carbonyl (C=O) groups excluding carboxylic acids is 2. The van der Waals surface area contributed by atoms with E-state index in [1.165, 1.54) is 0 Å². The minimum atomic E-state index is -3.19. The van der Waals surface area contributed by atoms with Crippen LogP contribution < -0.4 is 5.32 Å². The van der Waals surface area contributed by atoms with Crippen molar-refractivity contribution in [3.8, 4) is 0 Å². The van der Waals surface area contributed by atoms with Crippen LogP contribution in [0.25, 0.3) is 0 Å². The number of fused-ring (bicyclic) bond motifs is 1. The molecule has 1 amide bonds. The van der Waals surface area contributed by atoms with Crippen LogP contribution in [0.15, 0.2) is 18.2 Å². The maximum atomic E-state index is 12.4. The van der Waals surface area contributed by atoms with Gasteiger partial charge in [0.2, 0.25) is 5.91 Å². The van der Waals surface area contributed by atoms with Crippen molar-refractivity contribution in [1.29, 1.82) is 0 Å². The van der Waals surface area contributed by atoms with Gasteiger partial charge in [-0.2, -0.15) is 0 Å². The number of benzene rings is 1. The zero-order valence-electron chi connectivity index (χ0n) is 13.7. The molecule has 1 heterocycles. The molecule has 0 unspecified atom stereocenters. The zero-order chi connectivity index (χ0) is 17.2. The molecule has 0 radical (unpaired) electrons. The molecule has 0 atom stereocenters. The molecule has 6 heteroatoms. The lowest BCUT2D eigenvalue weighted by Gasteiger charge is -2.21. The number of anilines is 1. The van der Waals surface area contributed by atoms with Crippen LogP contribution in [0.5, 0.6) is 0 Å². The summed E-state index contributed by atoms with van der Waals surface area (Å²) in [7, 11) is -3.19. The third-order valence-electron chi connectivity index (χ3n) is 5.00. The van der Waals surface area contributed by atoms with Gasteiger partial charge < -0.3 is 5.32 Å². The molecule has 0 saturated heterocycles. The Morgan fingerprint density at radius 2 is 1.88 bits per heavy atom. The highest BCUT2D eigenvalue weighted by Crippen LogP contribution is 2.26. The van der Waals surface area contributed by atoms with Gasteiger partial charge in [0.15, 0.2) is 15.6 Å². The maximum Gasteiger partial charge on any atom is 0.224 e. The monoisotopic (exact) mass is 349 g/mol. The van der Waals surface area contributed by atoms with Crippen molar-refractivity contribution in [2.45, 2.75) is 56.6 Å². The van der Waals surface area contributed by atoms with Gasteiger partial charge in [-0.05, 0) is 43.0 Å². The van der Waals surface area contributed by atoms with Crippen LogP contribution >= 0.6 is 0 Å². The summed E-state index contributed by atoms with van der Waals surface area (Å²) in [4.78, 5) is 23.7. The second kappa shape index (κ2) is 7.05. The smallest absolute Gasteiger partial charge is 0.224 e. The molecule has 1 aromatic carbocycles. The van der Waals surface area contributed by atoms with Crippen molar-refractivity contribution in [3.05, 3.63) is 29.3 Å². The Hall–Kier alpha value is -1.69. The van der Waals surface area contributed by atoms with Gasteiger partial charge in [0.05, 0.1) is 11.0 Å².